The van der Waals surface area contributed by atoms with Crippen molar-refractivity contribution in [1.29, 1.82) is 0 Å². The summed E-state index contributed by atoms with van der Waals surface area (Å²) in [5.41, 5.74) is 3.43. The highest BCUT2D eigenvalue weighted by Gasteiger charge is 2.20. The third-order valence-electron chi connectivity index (χ3n) is 5.32. The summed E-state index contributed by atoms with van der Waals surface area (Å²) in [6.07, 6.45) is 4.76. The summed E-state index contributed by atoms with van der Waals surface area (Å²) in [4.78, 5) is 26.0. The van der Waals surface area contributed by atoms with Crippen molar-refractivity contribution >= 4 is 30.0 Å². The van der Waals surface area contributed by atoms with Gasteiger partial charge in [0.2, 0.25) is 5.91 Å². The van der Waals surface area contributed by atoms with Crippen LogP contribution in [0.15, 0.2) is 48.5 Å². The van der Waals surface area contributed by atoms with Gasteiger partial charge in [-0.2, -0.15) is 0 Å². The van der Waals surface area contributed by atoms with E-state index < -0.39 is 5.97 Å². The number of amides is 1. The lowest BCUT2D eigenvalue weighted by Gasteiger charge is -2.32. The molecule has 1 amide bonds. The van der Waals surface area contributed by atoms with Crippen LogP contribution in [0.5, 0.6) is 0 Å². The monoisotopic (exact) mass is 416 g/mol. The molecule has 0 spiro atoms. The summed E-state index contributed by atoms with van der Waals surface area (Å²) < 4.78 is 0. The number of piperidine rings is 1. The van der Waals surface area contributed by atoms with Crippen molar-refractivity contribution in [3.63, 3.8) is 0 Å². The highest BCUT2D eigenvalue weighted by atomic mass is 35.5. The zero-order valence-electron chi connectivity index (χ0n) is 16.8. The van der Waals surface area contributed by atoms with Gasteiger partial charge in [0, 0.05) is 18.8 Å². The molecule has 5 nitrogen and oxygen atoms in total. The number of hydrogen-bond acceptors (Lipinski definition) is 3. The maximum Gasteiger partial charge on any atom is 0.335 e. The van der Waals surface area contributed by atoms with Gasteiger partial charge in [0.1, 0.15) is 0 Å². The van der Waals surface area contributed by atoms with Gasteiger partial charge in [-0.05, 0) is 55.0 Å². The molecule has 1 atom stereocenters. The van der Waals surface area contributed by atoms with E-state index in [9.17, 15) is 9.59 Å². The number of para-hydroxylation sites is 1. The Bertz CT molecular complexity index is 817. The van der Waals surface area contributed by atoms with E-state index in [1.807, 2.05) is 6.07 Å². The Hall–Kier alpha value is -2.53. The van der Waals surface area contributed by atoms with Gasteiger partial charge in [-0.1, -0.05) is 37.3 Å². The fraction of sp³-hybridized carbons (Fsp3) is 0.391. The Kier molecular flexibility index (Phi) is 8.52. The highest BCUT2D eigenvalue weighted by molar-refractivity contribution is 5.88. The first-order valence-electron chi connectivity index (χ1n) is 10.0. The number of rotatable bonds is 7. The van der Waals surface area contributed by atoms with Crippen molar-refractivity contribution in [3.8, 4) is 0 Å². The van der Waals surface area contributed by atoms with Gasteiger partial charge in [-0.15, -0.1) is 12.4 Å². The third-order valence-corrected chi connectivity index (χ3v) is 5.32. The van der Waals surface area contributed by atoms with E-state index in [0.29, 0.717) is 0 Å². The Balaban J connectivity index is 0.00000300. The van der Waals surface area contributed by atoms with Crippen LogP contribution in [0.2, 0.25) is 0 Å². The van der Waals surface area contributed by atoms with Crippen molar-refractivity contribution in [1.82, 2.24) is 5.32 Å². The summed E-state index contributed by atoms with van der Waals surface area (Å²) in [7, 11) is 0. The molecule has 1 unspecified atom stereocenters. The maximum atomic E-state index is 12.6. The van der Waals surface area contributed by atoms with E-state index in [1.54, 1.807) is 12.1 Å². The van der Waals surface area contributed by atoms with Gasteiger partial charge in [0.25, 0.3) is 0 Å². The normalized spacial score (nSPS) is 14.6. The van der Waals surface area contributed by atoms with Crippen molar-refractivity contribution in [2.45, 2.75) is 45.1 Å². The van der Waals surface area contributed by atoms with Crippen LogP contribution in [0, 0.1) is 0 Å². The lowest BCUT2D eigenvalue weighted by Crippen LogP contribution is -2.34. The summed E-state index contributed by atoms with van der Waals surface area (Å²) in [5.74, 6) is -1.01. The number of nitrogens with one attached hydrogen (secondary N) is 1. The molecule has 156 valence electrons. The average Bonchev–Trinajstić information content (AvgIpc) is 2.73. The average molecular weight is 417 g/mol. The zero-order valence-corrected chi connectivity index (χ0v) is 17.6. The number of carboxylic acids is 1. The zero-order chi connectivity index (χ0) is 19.9. The second-order valence-electron chi connectivity index (χ2n) is 7.31. The highest BCUT2D eigenvalue weighted by Crippen LogP contribution is 2.30. The van der Waals surface area contributed by atoms with Crippen LogP contribution < -0.4 is 10.2 Å². The molecular weight excluding hydrogens is 388 g/mol. The summed E-state index contributed by atoms with van der Waals surface area (Å²) in [6.45, 7) is 4.22. The number of carbonyl (C=O) groups is 2. The van der Waals surface area contributed by atoms with E-state index in [4.69, 9.17) is 5.11 Å². The lowest BCUT2D eigenvalue weighted by molar-refractivity contribution is -0.121. The number of hydrogen-bond donors (Lipinski definition) is 2. The minimum absolute atomic E-state index is 0. The van der Waals surface area contributed by atoms with Crippen molar-refractivity contribution in [2.24, 2.45) is 0 Å². The summed E-state index contributed by atoms with van der Waals surface area (Å²) >= 11 is 0. The third kappa shape index (κ3) is 5.97. The summed E-state index contributed by atoms with van der Waals surface area (Å²) in [6, 6.07) is 14.8. The molecule has 3 rings (SSSR count). The predicted molar refractivity (Wildman–Crippen MR) is 118 cm³/mol. The van der Waals surface area contributed by atoms with E-state index >= 15 is 0 Å². The van der Waals surface area contributed by atoms with Gasteiger partial charge in [0.15, 0.2) is 0 Å². The second kappa shape index (κ2) is 10.9. The number of carboxylic acid groups (broad SMARTS) is 1. The SMILES string of the molecule is CCC(NC(=O)Cc1ccc(C(=O)O)cc1)c1ccccc1N1CCCCC1.Cl. The Labute approximate surface area is 178 Å². The molecular formula is C23H29ClN2O3. The molecule has 2 N–H and O–H groups in total. The van der Waals surface area contributed by atoms with Crippen molar-refractivity contribution in [3.05, 3.63) is 65.2 Å². The Morgan fingerprint density at radius 2 is 1.69 bits per heavy atom. The van der Waals surface area contributed by atoms with Crippen molar-refractivity contribution in [2.75, 3.05) is 18.0 Å². The van der Waals surface area contributed by atoms with Crippen LogP contribution in [0.4, 0.5) is 5.69 Å². The van der Waals surface area contributed by atoms with Crippen LogP contribution >= 0.6 is 12.4 Å². The number of halogens is 1. The molecule has 1 fully saturated rings. The van der Waals surface area contributed by atoms with Crippen LogP contribution in [-0.2, 0) is 11.2 Å². The van der Waals surface area contributed by atoms with E-state index in [-0.39, 0.29) is 36.3 Å². The first-order chi connectivity index (χ1) is 13.6. The van der Waals surface area contributed by atoms with Crippen LogP contribution in [0.1, 0.15) is 60.1 Å². The Morgan fingerprint density at radius 3 is 2.31 bits per heavy atom. The van der Waals surface area contributed by atoms with Crippen LogP contribution in [0.3, 0.4) is 0 Å². The molecule has 1 saturated heterocycles. The number of nitrogens with zero attached hydrogens (tertiary/aromatic N) is 1. The number of anilines is 1. The molecule has 0 saturated carbocycles. The molecule has 0 aliphatic carbocycles. The van der Waals surface area contributed by atoms with Gasteiger partial charge < -0.3 is 15.3 Å². The molecule has 2 aromatic rings. The number of benzene rings is 2. The minimum atomic E-state index is -0.962. The predicted octanol–water partition coefficient (Wildman–Crippen LogP) is 4.61. The van der Waals surface area contributed by atoms with E-state index in [1.165, 1.54) is 42.6 Å². The maximum absolute atomic E-state index is 12.6. The van der Waals surface area contributed by atoms with Crippen molar-refractivity contribution < 1.29 is 14.7 Å². The molecule has 1 aliphatic rings. The van der Waals surface area contributed by atoms with Gasteiger partial charge >= 0.3 is 5.97 Å². The number of aromatic carboxylic acids is 1. The minimum Gasteiger partial charge on any atom is -0.478 e. The molecule has 1 aliphatic heterocycles. The molecule has 0 aromatic heterocycles. The quantitative estimate of drug-likeness (QED) is 0.691. The molecule has 29 heavy (non-hydrogen) atoms. The second-order valence-corrected chi connectivity index (χ2v) is 7.31. The molecule has 1 heterocycles. The first-order valence-corrected chi connectivity index (χ1v) is 10.0. The van der Waals surface area contributed by atoms with Crippen LogP contribution in [0.25, 0.3) is 0 Å². The molecule has 0 radical (unpaired) electrons. The largest absolute Gasteiger partial charge is 0.478 e. The summed E-state index contributed by atoms with van der Waals surface area (Å²) in [5, 5.41) is 12.2. The lowest BCUT2D eigenvalue weighted by atomic mass is 9.99. The molecule has 0 bridgehead atoms. The first kappa shape index (κ1) is 22.8. The fourth-order valence-corrected chi connectivity index (χ4v) is 3.80. The fourth-order valence-electron chi connectivity index (χ4n) is 3.80. The standard InChI is InChI=1S/C23H28N2O3.ClH/c1-2-20(19-8-4-5-9-21(19)25-14-6-3-7-15-25)24-22(26)16-17-10-12-18(13-11-17)23(27)28;/h4-5,8-13,20H,2-3,6-7,14-16H2,1H3,(H,24,26)(H,27,28);1H. The van der Waals surface area contributed by atoms with Gasteiger partial charge in [0.05, 0.1) is 18.0 Å². The van der Waals surface area contributed by atoms with Crippen LogP contribution in [-0.4, -0.2) is 30.1 Å². The number of carbonyl (C=O) groups excluding carboxylic acids is 1. The van der Waals surface area contributed by atoms with Gasteiger partial charge in [-0.3, -0.25) is 4.79 Å². The molecule has 6 heteroatoms. The van der Waals surface area contributed by atoms with Gasteiger partial charge in [-0.25, -0.2) is 4.79 Å². The van der Waals surface area contributed by atoms with E-state index in [0.717, 1.165) is 25.1 Å². The Morgan fingerprint density at radius 1 is 1.03 bits per heavy atom. The smallest absolute Gasteiger partial charge is 0.335 e. The topological polar surface area (TPSA) is 69.6 Å². The molecule has 2 aromatic carbocycles. The van der Waals surface area contributed by atoms with E-state index in [2.05, 4.69) is 35.3 Å².